The Balaban J connectivity index is 1.50. The Hall–Kier alpha value is -2.89. The summed E-state index contributed by atoms with van der Waals surface area (Å²) >= 11 is 7.37. The van der Waals surface area contributed by atoms with Crippen molar-refractivity contribution in [1.82, 2.24) is 4.98 Å². The lowest BCUT2D eigenvalue weighted by Gasteiger charge is -2.00. The summed E-state index contributed by atoms with van der Waals surface area (Å²) in [6, 6.07) is 20.5. The molecule has 0 aliphatic heterocycles. The van der Waals surface area contributed by atoms with Crippen LogP contribution in [0.15, 0.2) is 76.5 Å². The molecular weight excluding hydrogens is 368 g/mol. The quantitative estimate of drug-likeness (QED) is 0.474. The molecule has 0 bridgehead atoms. The van der Waals surface area contributed by atoms with Crippen molar-refractivity contribution in [3.05, 3.63) is 82.9 Å². The molecule has 4 aromatic rings. The number of nitrogens with one attached hydrogen (secondary N) is 1. The largest absolute Gasteiger partial charge is 0.451 e. The maximum Gasteiger partial charge on any atom is 0.293 e. The van der Waals surface area contributed by atoms with Crippen molar-refractivity contribution < 1.29 is 9.21 Å². The van der Waals surface area contributed by atoms with Crippen molar-refractivity contribution in [2.45, 2.75) is 0 Å². The number of hydrogen-bond donors (Lipinski definition) is 1. The van der Waals surface area contributed by atoms with Gasteiger partial charge >= 0.3 is 0 Å². The summed E-state index contributed by atoms with van der Waals surface area (Å²) in [6.07, 6.45) is 0. The number of amides is 1. The molecule has 0 aliphatic rings. The lowest BCUT2D eigenvalue weighted by molar-refractivity contribution is 0.0997. The van der Waals surface area contributed by atoms with Gasteiger partial charge in [0.15, 0.2) is 10.9 Å². The zero-order valence-electron chi connectivity index (χ0n) is 13.5. The van der Waals surface area contributed by atoms with Crippen LogP contribution in [0.4, 0.5) is 5.13 Å². The third-order valence-corrected chi connectivity index (χ3v) is 4.73. The zero-order valence-corrected chi connectivity index (χ0v) is 15.1. The van der Waals surface area contributed by atoms with Crippen LogP contribution in [0, 0.1) is 0 Å². The highest BCUT2D eigenvalue weighted by Crippen LogP contribution is 2.27. The maximum absolute atomic E-state index is 12.4. The van der Waals surface area contributed by atoms with Crippen molar-refractivity contribution in [2.24, 2.45) is 0 Å². The topological polar surface area (TPSA) is 55.1 Å². The maximum atomic E-state index is 12.4. The number of carbonyl (C=O) groups excluding carboxylic acids is 1. The van der Waals surface area contributed by atoms with E-state index in [-0.39, 0.29) is 11.7 Å². The molecule has 0 saturated heterocycles. The number of hydrogen-bond acceptors (Lipinski definition) is 4. The smallest absolute Gasteiger partial charge is 0.293 e. The number of anilines is 1. The summed E-state index contributed by atoms with van der Waals surface area (Å²) in [5.74, 6) is 0.463. The van der Waals surface area contributed by atoms with Gasteiger partial charge in [0, 0.05) is 21.5 Å². The highest BCUT2D eigenvalue weighted by atomic mass is 35.5. The lowest BCUT2D eigenvalue weighted by Crippen LogP contribution is -2.10. The SMILES string of the molecule is O=C(Nc1nc(-c2ccccc2)cs1)c1ccc(-c2cccc(Cl)c2)o1. The van der Waals surface area contributed by atoms with E-state index < -0.39 is 0 Å². The lowest BCUT2D eigenvalue weighted by atomic mass is 10.2. The first-order valence-corrected chi connectivity index (χ1v) is 9.13. The van der Waals surface area contributed by atoms with E-state index >= 15 is 0 Å². The molecule has 128 valence electrons. The van der Waals surface area contributed by atoms with E-state index in [0.29, 0.717) is 15.9 Å². The molecule has 0 atom stereocenters. The van der Waals surface area contributed by atoms with E-state index in [4.69, 9.17) is 16.0 Å². The number of thiazole rings is 1. The zero-order chi connectivity index (χ0) is 17.9. The number of benzene rings is 2. The third kappa shape index (κ3) is 3.54. The normalized spacial score (nSPS) is 10.7. The van der Waals surface area contributed by atoms with Gasteiger partial charge in [-0.05, 0) is 24.3 Å². The van der Waals surface area contributed by atoms with Crippen LogP contribution in [0.1, 0.15) is 10.6 Å². The number of nitrogens with zero attached hydrogens (tertiary/aromatic N) is 1. The fourth-order valence-corrected chi connectivity index (χ4v) is 3.39. The molecule has 1 N–H and O–H groups in total. The van der Waals surface area contributed by atoms with Gasteiger partial charge in [-0.1, -0.05) is 54.1 Å². The van der Waals surface area contributed by atoms with Gasteiger partial charge in [-0.25, -0.2) is 4.98 Å². The van der Waals surface area contributed by atoms with Crippen LogP contribution in [0.5, 0.6) is 0 Å². The Morgan fingerprint density at radius 1 is 1.00 bits per heavy atom. The second kappa shape index (κ2) is 7.15. The van der Waals surface area contributed by atoms with Gasteiger partial charge in [-0.3, -0.25) is 10.1 Å². The molecule has 4 nitrogen and oxygen atoms in total. The molecular formula is C20H13ClN2O2S. The minimum Gasteiger partial charge on any atom is -0.451 e. The van der Waals surface area contributed by atoms with Gasteiger partial charge in [0.1, 0.15) is 5.76 Å². The fraction of sp³-hybridized carbons (Fsp3) is 0. The Bertz CT molecular complexity index is 1060. The Kier molecular flexibility index (Phi) is 4.56. The van der Waals surface area contributed by atoms with E-state index in [1.165, 1.54) is 11.3 Å². The first kappa shape index (κ1) is 16.6. The molecule has 26 heavy (non-hydrogen) atoms. The average molecular weight is 381 g/mol. The molecule has 0 spiro atoms. The van der Waals surface area contributed by atoms with Crippen molar-refractivity contribution in [3.8, 4) is 22.6 Å². The standard InChI is InChI=1S/C20H13ClN2O2S/c21-15-8-4-7-14(11-15)17-9-10-18(25-17)19(24)23-20-22-16(12-26-20)13-5-2-1-3-6-13/h1-12H,(H,22,23,24). The first-order valence-electron chi connectivity index (χ1n) is 7.87. The first-order chi connectivity index (χ1) is 12.7. The summed E-state index contributed by atoms with van der Waals surface area (Å²) in [5, 5.41) is 5.82. The Morgan fingerprint density at radius 2 is 1.81 bits per heavy atom. The number of furan rings is 1. The predicted octanol–water partition coefficient (Wildman–Crippen LogP) is 5.98. The minimum absolute atomic E-state index is 0.219. The van der Waals surface area contributed by atoms with E-state index in [9.17, 15) is 4.79 Å². The van der Waals surface area contributed by atoms with Gasteiger partial charge in [-0.2, -0.15) is 0 Å². The molecule has 1 amide bonds. The van der Waals surface area contributed by atoms with Gasteiger partial charge in [0.25, 0.3) is 5.91 Å². The van der Waals surface area contributed by atoms with Gasteiger partial charge in [0.2, 0.25) is 0 Å². The van der Waals surface area contributed by atoms with Crippen LogP contribution in [0.3, 0.4) is 0 Å². The van der Waals surface area contributed by atoms with Crippen molar-refractivity contribution >= 4 is 34.0 Å². The highest BCUT2D eigenvalue weighted by Gasteiger charge is 2.14. The van der Waals surface area contributed by atoms with Crippen molar-refractivity contribution in [1.29, 1.82) is 0 Å². The van der Waals surface area contributed by atoms with Gasteiger partial charge in [0.05, 0.1) is 5.69 Å². The number of rotatable bonds is 4. The van der Waals surface area contributed by atoms with Crippen LogP contribution in [0.2, 0.25) is 5.02 Å². The number of halogens is 1. The summed E-state index contributed by atoms with van der Waals surface area (Å²) in [7, 11) is 0. The number of carbonyl (C=O) groups is 1. The van der Waals surface area contributed by atoms with Crippen LogP contribution >= 0.6 is 22.9 Å². The minimum atomic E-state index is -0.341. The Labute approximate surface area is 159 Å². The van der Waals surface area contributed by atoms with Crippen LogP contribution in [-0.4, -0.2) is 10.9 Å². The van der Waals surface area contributed by atoms with Crippen LogP contribution < -0.4 is 5.32 Å². The van der Waals surface area contributed by atoms with Crippen LogP contribution in [0.25, 0.3) is 22.6 Å². The summed E-state index contributed by atoms with van der Waals surface area (Å²) in [5.41, 5.74) is 2.65. The predicted molar refractivity (Wildman–Crippen MR) is 105 cm³/mol. The summed E-state index contributed by atoms with van der Waals surface area (Å²) < 4.78 is 5.66. The molecule has 2 aromatic heterocycles. The van der Waals surface area contributed by atoms with E-state index in [1.807, 2.05) is 47.8 Å². The molecule has 2 aromatic carbocycles. The monoisotopic (exact) mass is 380 g/mol. The molecule has 4 rings (SSSR count). The van der Waals surface area contributed by atoms with E-state index in [1.54, 1.807) is 24.3 Å². The molecule has 0 radical (unpaired) electrons. The number of aromatic nitrogens is 1. The average Bonchev–Trinajstić information content (AvgIpc) is 3.32. The molecule has 0 saturated carbocycles. The van der Waals surface area contributed by atoms with Crippen molar-refractivity contribution in [2.75, 3.05) is 5.32 Å². The van der Waals surface area contributed by atoms with Gasteiger partial charge in [-0.15, -0.1) is 11.3 Å². The second-order valence-electron chi connectivity index (χ2n) is 5.53. The highest BCUT2D eigenvalue weighted by molar-refractivity contribution is 7.14. The Morgan fingerprint density at radius 3 is 2.62 bits per heavy atom. The summed E-state index contributed by atoms with van der Waals surface area (Å²) in [4.78, 5) is 16.9. The molecule has 0 fully saturated rings. The molecule has 0 unspecified atom stereocenters. The molecule has 2 heterocycles. The van der Waals surface area contributed by atoms with E-state index in [0.717, 1.165) is 16.8 Å². The fourth-order valence-electron chi connectivity index (χ4n) is 2.49. The molecule has 6 heteroatoms. The van der Waals surface area contributed by atoms with Gasteiger partial charge < -0.3 is 4.42 Å². The van der Waals surface area contributed by atoms with Crippen molar-refractivity contribution in [3.63, 3.8) is 0 Å². The summed E-state index contributed by atoms with van der Waals surface area (Å²) in [6.45, 7) is 0. The van der Waals surface area contributed by atoms with Crippen LogP contribution in [-0.2, 0) is 0 Å². The third-order valence-electron chi connectivity index (χ3n) is 3.73. The molecule has 0 aliphatic carbocycles. The second-order valence-corrected chi connectivity index (χ2v) is 6.83. The van der Waals surface area contributed by atoms with E-state index in [2.05, 4.69) is 10.3 Å².